The Bertz CT molecular complexity index is 3300. The van der Waals surface area contributed by atoms with Crippen LogP contribution >= 0.6 is 11.3 Å². The minimum atomic E-state index is -0.0882. The van der Waals surface area contributed by atoms with E-state index in [0.29, 0.717) is 0 Å². The number of aliphatic imine (C=N–C) groups is 1. The van der Waals surface area contributed by atoms with Crippen LogP contribution in [0.2, 0.25) is 0 Å². The quantitative estimate of drug-likeness (QED) is 0.184. The Morgan fingerprint density at radius 1 is 0.632 bits per heavy atom. The summed E-state index contributed by atoms with van der Waals surface area (Å²) in [6, 6.07) is 58.4. The second kappa shape index (κ2) is 12.9. The first kappa shape index (κ1) is 32.5. The summed E-state index contributed by atoms with van der Waals surface area (Å²) in [5.41, 5.74) is 10.0. The van der Waals surface area contributed by atoms with Gasteiger partial charge in [0.25, 0.3) is 0 Å². The normalized spacial score (nSPS) is 18.0. The third-order valence-electron chi connectivity index (χ3n) is 11.8. The van der Waals surface area contributed by atoms with Crippen LogP contribution in [0.4, 0.5) is 0 Å². The average molecular weight is 753 g/mol. The fraction of sp³-hybridized carbons (Fsp3) is 0.0784. The van der Waals surface area contributed by atoms with Gasteiger partial charge in [-0.25, -0.2) is 4.99 Å². The van der Waals surface area contributed by atoms with Crippen molar-refractivity contribution in [3.8, 4) is 16.8 Å². The molecule has 1 aliphatic carbocycles. The molecule has 0 amide bonds. The molecule has 57 heavy (non-hydrogen) atoms. The van der Waals surface area contributed by atoms with E-state index in [1.807, 2.05) is 11.3 Å². The maximum Gasteiger partial charge on any atom is 0.137 e. The molecule has 5 nitrogen and oxygen atoms in total. The number of fused-ring (bicyclic) bond motifs is 9. The molecule has 7 aromatic carbocycles. The largest absolute Gasteiger partial charge is 0.456 e. The van der Waals surface area contributed by atoms with Crippen molar-refractivity contribution in [3.05, 3.63) is 185 Å². The molecule has 2 aliphatic rings. The fourth-order valence-corrected chi connectivity index (χ4v) is 10.4. The molecule has 272 valence electrons. The maximum atomic E-state index is 6.56. The van der Waals surface area contributed by atoms with Crippen LogP contribution in [0.1, 0.15) is 23.7 Å². The van der Waals surface area contributed by atoms with E-state index in [-0.39, 0.29) is 18.2 Å². The van der Waals surface area contributed by atoms with Crippen LogP contribution in [0.25, 0.3) is 82.8 Å². The molecule has 0 radical (unpaired) electrons. The summed E-state index contributed by atoms with van der Waals surface area (Å²) in [6.07, 6.45) is 5.68. The molecule has 0 saturated heterocycles. The third kappa shape index (κ3) is 5.22. The minimum Gasteiger partial charge on any atom is -0.456 e. The second-order valence-electron chi connectivity index (χ2n) is 15.1. The molecule has 12 rings (SSSR count). The van der Waals surface area contributed by atoms with Gasteiger partial charge in [-0.3, -0.25) is 5.32 Å². The molecule has 4 heterocycles. The summed E-state index contributed by atoms with van der Waals surface area (Å²) in [4.78, 5) is 5.30. The standard InChI is InChI=1S/C51H36N4OS/c1-3-13-31(14-4-1)49-52-50(32-15-5-2-6-16-32)54-51(53-49)34-26-28-46-39(30-34)38-20-11-19-35(48(38)57-46)33-25-27-44-40(29-33)47-43(23-12-24-45(47)56-44)55-41-21-9-7-17-36(41)37-18-8-10-22-42(37)55/h1-25,27-30,34,49,51,53H,26H2,(H,52,54). The Kier molecular flexibility index (Phi) is 7.37. The van der Waals surface area contributed by atoms with Crippen LogP contribution in [0, 0.1) is 5.92 Å². The lowest BCUT2D eigenvalue weighted by Crippen LogP contribution is -2.51. The molecule has 3 aromatic heterocycles. The molecule has 2 N–H and O–H groups in total. The number of nitrogens with zero attached hydrogens (tertiary/aromatic N) is 2. The van der Waals surface area contributed by atoms with Gasteiger partial charge in [0.05, 0.1) is 22.1 Å². The van der Waals surface area contributed by atoms with Crippen LogP contribution in [-0.4, -0.2) is 16.6 Å². The fourth-order valence-electron chi connectivity index (χ4n) is 9.16. The lowest BCUT2D eigenvalue weighted by molar-refractivity contribution is 0.351. The highest BCUT2D eigenvalue weighted by atomic mass is 32.1. The number of rotatable bonds is 5. The van der Waals surface area contributed by atoms with E-state index < -0.39 is 0 Å². The van der Waals surface area contributed by atoms with Gasteiger partial charge in [-0.05, 0) is 64.7 Å². The summed E-state index contributed by atoms with van der Waals surface area (Å²) < 4.78 is 11.6. The summed E-state index contributed by atoms with van der Waals surface area (Å²) >= 11 is 1.90. The van der Waals surface area contributed by atoms with Gasteiger partial charge in [0.15, 0.2) is 0 Å². The maximum absolute atomic E-state index is 6.56. The number of para-hydroxylation sites is 2. The van der Waals surface area contributed by atoms with Gasteiger partial charge in [0.1, 0.15) is 29.3 Å². The number of hydrogen-bond acceptors (Lipinski definition) is 5. The van der Waals surface area contributed by atoms with Gasteiger partial charge in [-0.2, -0.15) is 0 Å². The Hall–Kier alpha value is -6.73. The van der Waals surface area contributed by atoms with Crippen molar-refractivity contribution in [2.75, 3.05) is 0 Å². The highest BCUT2D eigenvalue weighted by Gasteiger charge is 2.30. The molecule has 10 aromatic rings. The van der Waals surface area contributed by atoms with Crippen LogP contribution in [-0.2, 0) is 0 Å². The van der Waals surface area contributed by atoms with E-state index in [0.717, 1.165) is 45.4 Å². The predicted octanol–water partition coefficient (Wildman–Crippen LogP) is 10.8. The predicted molar refractivity (Wildman–Crippen MR) is 237 cm³/mol. The summed E-state index contributed by atoms with van der Waals surface area (Å²) in [6.45, 7) is 0. The lowest BCUT2D eigenvalue weighted by Gasteiger charge is -2.35. The van der Waals surface area contributed by atoms with Crippen molar-refractivity contribution in [2.45, 2.75) is 18.8 Å². The first-order valence-corrected chi connectivity index (χ1v) is 20.5. The average Bonchev–Trinajstić information content (AvgIpc) is 3.96. The Morgan fingerprint density at radius 2 is 1.35 bits per heavy atom. The van der Waals surface area contributed by atoms with E-state index in [1.54, 1.807) is 0 Å². The zero-order chi connectivity index (χ0) is 37.5. The van der Waals surface area contributed by atoms with Gasteiger partial charge >= 0.3 is 0 Å². The summed E-state index contributed by atoms with van der Waals surface area (Å²) in [5.74, 6) is 1.12. The number of amidine groups is 1. The number of nitrogens with one attached hydrogen (secondary N) is 2. The van der Waals surface area contributed by atoms with Crippen LogP contribution in [0.5, 0.6) is 0 Å². The number of furan rings is 1. The molecule has 0 fully saturated rings. The van der Waals surface area contributed by atoms with E-state index in [4.69, 9.17) is 9.41 Å². The van der Waals surface area contributed by atoms with Gasteiger partial charge < -0.3 is 14.3 Å². The van der Waals surface area contributed by atoms with Crippen molar-refractivity contribution in [1.29, 1.82) is 0 Å². The molecule has 1 aliphatic heterocycles. The Labute approximate surface area is 332 Å². The molecular weight excluding hydrogens is 717 g/mol. The Morgan fingerprint density at radius 3 is 2.16 bits per heavy atom. The number of hydrogen-bond donors (Lipinski definition) is 2. The highest BCUT2D eigenvalue weighted by Crippen LogP contribution is 2.41. The second-order valence-corrected chi connectivity index (χ2v) is 16.2. The van der Waals surface area contributed by atoms with Gasteiger partial charge in [-0.1, -0.05) is 140 Å². The third-order valence-corrected chi connectivity index (χ3v) is 13.1. The number of thiophene rings is 1. The zero-order valence-corrected chi connectivity index (χ0v) is 31.7. The molecule has 0 bridgehead atoms. The van der Waals surface area contributed by atoms with Crippen molar-refractivity contribution in [3.63, 3.8) is 0 Å². The smallest absolute Gasteiger partial charge is 0.137 e. The van der Waals surface area contributed by atoms with Crippen LogP contribution in [0.15, 0.2) is 173 Å². The SMILES string of the molecule is C1=c2sc3c(-c4ccc5oc6cccc(-n7c8ccccc8c8ccccc87)c6c5c4)cccc3c2=CC(C2N=C(c3ccccc3)NC(c3ccccc3)N2)C1. The van der Waals surface area contributed by atoms with Crippen LogP contribution in [0.3, 0.4) is 0 Å². The van der Waals surface area contributed by atoms with E-state index in [9.17, 15) is 0 Å². The van der Waals surface area contributed by atoms with Crippen LogP contribution < -0.4 is 20.4 Å². The van der Waals surface area contributed by atoms with E-state index >= 15 is 0 Å². The summed E-state index contributed by atoms with van der Waals surface area (Å²) in [7, 11) is 0. The molecule has 6 heteroatoms. The monoisotopic (exact) mass is 752 g/mol. The zero-order valence-electron chi connectivity index (χ0n) is 30.9. The van der Waals surface area contributed by atoms with E-state index in [1.165, 1.54) is 58.3 Å². The van der Waals surface area contributed by atoms with Gasteiger partial charge in [-0.15, -0.1) is 11.3 Å². The molecule has 0 saturated carbocycles. The first-order chi connectivity index (χ1) is 28.2. The minimum absolute atomic E-state index is 0.0473. The van der Waals surface area contributed by atoms with E-state index in [2.05, 4.69) is 191 Å². The molecule has 3 atom stereocenters. The molecule has 3 unspecified atom stereocenters. The summed E-state index contributed by atoms with van der Waals surface area (Å²) in [5, 5.41) is 14.9. The highest BCUT2D eigenvalue weighted by molar-refractivity contribution is 7.17. The Balaban J connectivity index is 0.978. The van der Waals surface area contributed by atoms with Crippen molar-refractivity contribution < 1.29 is 4.42 Å². The van der Waals surface area contributed by atoms with Crippen molar-refractivity contribution >= 4 is 83.2 Å². The molecular formula is C51H36N4OS. The topological polar surface area (TPSA) is 54.5 Å². The number of benzene rings is 7. The van der Waals surface area contributed by atoms with Gasteiger partial charge in [0, 0.05) is 42.3 Å². The number of aromatic nitrogens is 1. The van der Waals surface area contributed by atoms with Crippen molar-refractivity contribution in [2.24, 2.45) is 10.9 Å². The first-order valence-electron chi connectivity index (χ1n) is 19.6. The van der Waals surface area contributed by atoms with Gasteiger partial charge in [0.2, 0.25) is 0 Å². The van der Waals surface area contributed by atoms with Crippen molar-refractivity contribution in [1.82, 2.24) is 15.2 Å². The lowest BCUT2D eigenvalue weighted by atomic mass is 9.94. The molecule has 0 spiro atoms.